The fraction of sp³-hybridized carbons (Fsp3) is 0.564. The van der Waals surface area contributed by atoms with Crippen LogP contribution in [0.3, 0.4) is 0 Å². The maximum atomic E-state index is 13.4. The van der Waals surface area contributed by atoms with Crippen LogP contribution >= 0.6 is 56.7 Å². The van der Waals surface area contributed by atoms with Gasteiger partial charge in [0.2, 0.25) is 0 Å². The summed E-state index contributed by atoms with van der Waals surface area (Å²) in [6.07, 6.45) is 25.8. The molecule has 76 heavy (non-hydrogen) atoms. The van der Waals surface area contributed by atoms with E-state index >= 15 is 0 Å². The molecule has 5 aromatic heterocycles. The molecule has 21 heteroatoms. The third kappa shape index (κ3) is 19.6. The van der Waals surface area contributed by atoms with E-state index in [0.717, 1.165) is 56.2 Å². The number of rotatable bonds is 36. The highest BCUT2D eigenvalue weighted by Gasteiger charge is 2.66. The minimum Gasteiger partial charge on any atom is -0.391 e. The van der Waals surface area contributed by atoms with E-state index < -0.39 is 32.8 Å². The fourth-order valence-corrected chi connectivity index (χ4v) is 23.2. The van der Waals surface area contributed by atoms with Gasteiger partial charge in [-0.25, -0.2) is 0 Å². The van der Waals surface area contributed by atoms with E-state index in [-0.39, 0.29) is 11.6 Å². The van der Waals surface area contributed by atoms with Gasteiger partial charge in [0, 0.05) is 76.1 Å². The van der Waals surface area contributed by atoms with Gasteiger partial charge in [0.15, 0.2) is 0 Å². The first-order valence-corrected chi connectivity index (χ1v) is 37.3. The summed E-state index contributed by atoms with van der Waals surface area (Å²) in [7, 11) is -14.0. The molecule has 13 nitrogen and oxygen atoms in total. The minimum atomic E-state index is -4.88. The second kappa shape index (κ2) is 32.0. The molecule has 0 radical (unpaired) electrons. The van der Waals surface area contributed by atoms with Crippen LogP contribution in [0.2, 0.25) is 6.04 Å². The summed E-state index contributed by atoms with van der Waals surface area (Å²) in [5.41, 5.74) is 5.75. The lowest BCUT2D eigenvalue weighted by Crippen LogP contribution is -2.71. The summed E-state index contributed by atoms with van der Waals surface area (Å²) >= 11 is 9.43. The van der Waals surface area contributed by atoms with E-state index in [4.69, 9.17) is 8.23 Å². The van der Waals surface area contributed by atoms with Gasteiger partial charge in [0.1, 0.15) is 11.6 Å². The van der Waals surface area contributed by atoms with Gasteiger partial charge in [-0.15, -0.1) is 56.7 Å². The number of nitrogens with zero attached hydrogens (tertiary/aromatic N) is 1. The number of thiophene rings is 5. The van der Waals surface area contributed by atoms with Crippen LogP contribution in [-0.4, -0.2) is 89.5 Å². The van der Waals surface area contributed by atoms with Gasteiger partial charge in [-0.05, 0) is 134 Å². The molecular formula is C55H82N4O9S5Si3. The maximum absolute atomic E-state index is 13.4. The normalized spacial score (nSPS) is 15.1. The monoisotopic (exact) mass is 1190 g/mol. The first-order valence-electron chi connectivity index (χ1n) is 27.8. The summed E-state index contributed by atoms with van der Waals surface area (Å²) < 4.78 is 13.9. The van der Waals surface area contributed by atoms with E-state index in [0.29, 0.717) is 39.1 Å². The van der Waals surface area contributed by atoms with Crippen molar-refractivity contribution in [2.75, 3.05) is 32.7 Å². The quantitative estimate of drug-likeness (QED) is 0.00816. The molecular weight excluding hydrogens is 1110 g/mol. The number of nitriles is 1. The minimum absolute atomic E-state index is 0.0673. The van der Waals surface area contributed by atoms with Crippen LogP contribution in [0.5, 0.6) is 0 Å². The van der Waals surface area contributed by atoms with Crippen LogP contribution in [0.1, 0.15) is 164 Å². The second-order valence-electron chi connectivity index (χ2n) is 19.8. The zero-order valence-electron chi connectivity index (χ0n) is 45.1. The number of carbonyl (C=O) groups excluding carboxylic acids is 1. The molecule has 8 N–H and O–H groups in total. The summed E-state index contributed by atoms with van der Waals surface area (Å²) in [6, 6.07) is 16.3. The highest BCUT2D eigenvalue weighted by molar-refractivity contribution is 7.30. The Morgan fingerprint density at radius 3 is 1.54 bits per heavy atom. The van der Waals surface area contributed by atoms with Crippen molar-refractivity contribution >= 4 is 95.6 Å². The Morgan fingerprint density at radius 1 is 0.539 bits per heavy atom. The Hall–Kier alpha value is -2.55. The van der Waals surface area contributed by atoms with Crippen LogP contribution in [-0.2, 0) is 42.8 Å². The largest absolute Gasteiger partial charge is 0.660 e. The van der Waals surface area contributed by atoms with Gasteiger partial charge in [0.05, 0.1) is 0 Å². The number of amides is 1. The maximum Gasteiger partial charge on any atom is 0.660 e. The Labute approximate surface area is 475 Å². The van der Waals surface area contributed by atoms with Gasteiger partial charge in [-0.3, -0.25) is 4.79 Å². The van der Waals surface area contributed by atoms with Crippen LogP contribution in [0.15, 0.2) is 47.4 Å². The van der Waals surface area contributed by atoms with Gasteiger partial charge >= 0.3 is 26.9 Å². The molecule has 418 valence electrons. The topological polar surface area (TPSA) is 206 Å². The first kappa shape index (κ1) is 62.6. The Bertz CT molecular complexity index is 2600. The molecule has 0 unspecified atom stereocenters. The highest BCUT2D eigenvalue weighted by atomic mass is 32.1. The molecule has 6 rings (SSSR count). The van der Waals surface area contributed by atoms with Crippen molar-refractivity contribution < 1.29 is 41.1 Å². The van der Waals surface area contributed by atoms with E-state index in [1.165, 1.54) is 138 Å². The number of hydrogen-bond acceptors (Lipinski definition) is 17. The molecule has 0 aromatic carbocycles. The van der Waals surface area contributed by atoms with Crippen LogP contribution in [0, 0.1) is 11.3 Å². The van der Waals surface area contributed by atoms with Crippen LogP contribution in [0.4, 0.5) is 0 Å². The standard InChI is InChI=1S/C55H82N4O9S5Si3/c1-5-9-13-17-22-41-28-34-69-51(41)49-38-43(24-19-15-11-7-3)52(72-49)47-26-27-48(71-47)53-44(25-20-16-12-8-4)39-50(73-53)54-42(23-18-14-10-6-2)36-46(70-54)37-45(40-56)55(60)59-33-32-58-31-30-57-29-21-35-74(61)66-75(62,63)68-76(64,65)67-74/h26-28,34,36-39,57-58,61-65H,5-25,29-33,35H2,1-4H3,(H,59,60)/b45-37+. The third-order valence-electron chi connectivity index (χ3n) is 13.3. The summed E-state index contributed by atoms with van der Waals surface area (Å²) in [5.74, 6) is -0.418. The molecule has 0 bridgehead atoms. The lowest BCUT2D eigenvalue weighted by atomic mass is 10.0. The van der Waals surface area contributed by atoms with E-state index in [9.17, 15) is 34.0 Å². The van der Waals surface area contributed by atoms with E-state index in [1.54, 1.807) is 17.4 Å². The van der Waals surface area contributed by atoms with E-state index in [1.807, 2.05) is 45.3 Å². The SMILES string of the molecule is CCCCCCc1ccsc1-c1cc(CCCCCC)c(-c2ccc(-c3sc(-c4sc(/C=C(\C#N)C(=O)NCCNCCNCCC[Si]5(O)O[Si](O)(O)O[Si](O)(O)O5)cc4CCCCCC)cc3CCCCCC)s2)s1. The zero-order valence-corrected chi connectivity index (χ0v) is 52.2. The van der Waals surface area contributed by atoms with E-state index in [2.05, 4.69) is 95.6 Å². The van der Waals surface area contributed by atoms with Crippen molar-refractivity contribution in [1.82, 2.24) is 16.0 Å². The van der Waals surface area contributed by atoms with Crippen molar-refractivity contribution in [1.29, 1.82) is 5.26 Å². The first-order chi connectivity index (χ1) is 36.7. The lowest BCUT2D eigenvalue weighted by molar-refractivity contribution is -0.117. The molecule has 1 aliphatic rings. The van der Waals surface area contributed by atoms with Gasteiger partial charge in [0.25, 0.3) is 5.91 Å². The number of unbranched alkanes of at least 4 members (excludes halogenated alkanes) is 12. The lowest BCUT2D eigenvalue weighted by Gasteiger charge is -2.38. The Kier molecular flexibility index (Phi) is 26.4. The van der Waals surface area contributed by atoms with Crippen molar-refractivity contribution in [2.45, 2.75) is 169 Å². The average molecular weight is 1190 g/mol. The molecule has 6 heterocycles. The molecule has 1 aliphatic heterocycles. The molecule has 0 saturated carbocycles. The number of nitrogens with one attached hydrogen (secondary N) is 3. The Morgan fingerprint density at radius 2 is 1.01 bits per heavy atom. The summed E-state index contributed by atoms with van der Waals surface area (Å²) in [5, 5.41) is 21.8. The fourth-order valence-electron chi connectivity index (χ4n) is 9.35. The number of hydrogen-bond donors (Lipinski definition) is 8. The van der Waals surface area contributed by atoms with Gasteiger partial charge in [-0.1, -0.05) is 105 Å². The number of aryl methyl sites for hydroxylation is 4. The Balaban J connectivity index is 1.15. The predicted molar refractivity (Wildman–Crippen MR) is 322 cm³/mol. The molecule has 1 amide bonds. The number of carbonyl (C=O) groups is 1. The molecule has 1 fully saturated rings. The van der Waals surface area contributed by atoms with Crippen molar-refractivity contribution in [3.05, 3.63) is 74.5 Å². The van der Waals surface area contributed by atoms with Crippen molar-refractivity contribution in [3.8, 4) is 45.1 Å². The van der Waals surface area contributed by atoms with Gasteiger partial charge < -0.3 is 52.3 Å². The van der Waals surface area contributed by atoms with Gasteiger partial charge in [-0.2, -0.15) is 5.26 Å². The summed E-state index contributed by atoms with van der Waals surface area (Å²) in [4.78, 5) is 74.3. The highest BCUT2D eigenvalue weighted by Crippen LogP contribution is 2.49. The average Bonchev–Trinajstić information content (AvgIpc) is 4.26. The second-order valence-corrected chi connectivity index (χ2v) is 31.5. The molecule has 0 aliphatic carbocycles. The van der Waals surface area contributed by atoms with Crippen molar-refractivity contribution in [3.63, 3.8) is 0 Å². The van der Waals surface area contributed by atoms with Crippen molar-refractivity contribution in [2.24, 2.45) is 0 Å². The molecule has 0 spiro atoms. The smallest absolute Gasteiger partial charge is 0.391 e. The van der Waals surface area contributed by atoms with Crippen LogP contribution in [0.25, 0.3) is 45.1 Å². The van der Waals surface area contributed by atoms with Crippen LogP contribution < -0.4 is 16.0 Å². The predicted octanol–water partition coefficient (Wildman–Crippen LogP) is 12.6. The third-order valence-corrected chi connectivity index (χ3v) is 27.3. The molecule has 0 atom stereocenters. The molecule has 1 saturated heterocycles. The zero-order chi connectivity index (χ0) is 54.4. The molecule has 5 aromatic rings. The summed E-state index contributed by atoms with van der Waals surface area (Å²) in [6.45, 7) is 11.4.